The lowest BCUT2D eigenvalue weighted by Crippen LogP contribution is -2.32. The van der Waals surface area contributed by atoms with Crippen molar-refractivity contribution in [1.29, 1.82) is 0 Å². The van der Waals surface area contributed by atoms with Crippen LogP contribution in [0.5, 0.6) is 0 Å². The van der Waals surface area contributed by atoms with Gasteiger partial charge in [-0.3, -0.25) is 0 Å². The van der Waals surface area contributed by atoms with Crippen molar-refractivity contribution in [3.8, 4) is 0 Å². The molecule has 3 nitrogen and oxygen atoms in total. The van der Waals surface area contributed by atoms with Gasteiger partial charge >= 0.3 is 6.09 Å². The maximum atomic E-state index is 11.4. The standard InChI is InChI=1S/C11H22BrNO2/c1-3-13(11(14)15-4-2)10-8-6-5-7-9-12/h3-10H2,1-2H3. The number of hydrogen-bond donors (Lipinski definition) is 0. The third kappa shape index (κ3) is 7.65. The molecule has 0 unspecified atom stereocenters. The maximum Gasteiger partial charge on any atom is 0.409 e. The summed E-state index contributed by atoms with van der Waals surface area (Å²) in [6, 6.07) is 0. The molecule has 0 radical (unpaired) electrons. The van der Waals surface area contributed by atoms with Crippen molar-refractivity contribution >= 4 is 22.0 Å². The number of unbranched alkanes of at least 4 members (excludes halogenated alkanes) is 3. The smallest absolute Gasteiger partial charge is 0.409 e. The Bertz CT molecular complexity index is 165. The first kappa shape index (κ1) is 14.8. The number of amides is 1. The lowest BCUT2D eigenvalue weighted by Gasteiger charge is -2.19. The van der Waals surface area contributed by atoms with Gasteiger partial charge in [0, 0.05) is 18.4 Å². The van der Waals surface area contributed by atoms with Crippen LogP contribution in [0.1, 0.15) is 39.5 Å². The Morgan fingerprint density at radius 2 is 1.87 bits per heavy atom. The topological polar surface area (TPSA) is 29.5 Å². The fourth-order valence-electron chi connectivity index (χ4n) is 1.34. The molecule has 0 aliphatic carbocycles. The van der Waals surface area contributed by atoms with E-state index in [1.807, 2.05) is 13.8 Å². The van der Waals surface area contributed by atoms with Crippen molar-refractivity contribution in [3.63, 3.8) is 0 Å². The van der Waals surface area contributed by atoms with Crippen LogP contribution >= 0.6 is 15.9 Å². The number of nitrogens with zero attached hydrogens (tertiary/aromatic N) is 1. The second kappa shape index (κ2) is 10.3. The van der Waals surface area contributed by atoms with Gasteiger partial charge in [-0.05, 0) is 26.7 Å². The molecule has 0 aliphatic rings. The number of carbonyl (C=O) groups excluding carboxylic acids is 1. The summed E-state index contributed by atoms with van der Waals surface area (Å²) in [7, 11) is 0. The summed E-state index contributed by atoms with van der Waals surface area (Å²) in [6.45, 7) is 5.82. The SMILES string of the molecule is CCOC(=O)N(CC)CCCCCCBr. The van der Waals surface area contributed by atoms with E-state index in [-0.39, 0.29) is 6.09 Å². The molecule has 0 aromatic heterocycles. The molecule has 0 atom stereocenters. The zero-order chi connectivity index (χ0) is 11.5. The van der Waals surface area contributed by atoms with Crippen LogP contribution in [0.25, 0.3) is 0 Å². The minimum atomic E-state index is -0.180. The first-order valence-corrected chi connectivity index (χ1v) is 6.86. The molecule has 15 heavy (non-hydrogen) atoms. The zero-order valence-corrected chi connectivity index (χ0v) is 11.4. The van der Waals surface area contributed by atoms with Crippen molar-refractivity contribution in [2.45, 2.75) is 39.5 Å². The maximum absolute atomic E-state index is 11.4. The van der Waals surface area contributed by atoms with Crippen molar-refractivity contribution in [3.05, 3.63) is 0 Å². The molecule has 90 valence electrons. The minimum Gasteiger partial charge on any atom is -0.450 e. The molecule has 0 aliphatic heterocycles. The summed E-state index contributed by atoms with van der Waals surface area (Å²) < 4.78 is 4.95. The second-order valence-electron chi connectivity index (χ2n) is 3.38. The molecule has 1 amide bonds. The van der Waals surface area contributed by atoms with Crippen LogP contribution in [0.15, 0.2) is 0 Å². The average Bonchev–Trinajstić information content (AvgIpc) is 2.23. The molecule has 4 heteroatoms. The van der Waals surface area contributed by atoms with Crippen molar-refractivity contribution in [2.75, 3.05) is 25.0 Å². The Balaban J connectivity index is 3.56. The van der Waals surface area contributed by atoms with Gasteiger partial charge < -0.3 is 9.64 Å². The van der Waals surface area contributed by atoms with E-state index in [1.54, 1.807) is 4.90 Å². The van der Waals surface area contributed by atoms with Crippen LogP contribution < -0.4 is 0 Å². The van der Waals surface area contributed by atoms with E-state index in [0.29, 0.717) is 6.61 Å². The largest absolute Gasteiger partial charge is 0.450 e. The van der Waals surface area contributed by atoms with E-state index >= 15 is 0 Å². The molecule has 0 fully saturated rings. The molecule has 0 aromatic rings. The molecule has 0 bridgehead atoms. The average molecular weight is 280 g/mol. The van der Waals surface area contributed by atoms with Gasteiger partial charge in [-0.1, -0.05) is 28.8 Å². The Labute approximate surface area is 101 Å². The van der Waals surface area contributed by atoms with E-state index in [4.69, 9.17) is 4.74 Å². The summed E-state index contributed by atoms with van der Waals surface area (Å²) in [5.74, 6) is 0. The summed E-state index contributed by atoms with van der Waals surface area (Å²) in [4.78, 5) is 13.2. The number of hydrogen-bond acceptors (Lipinski definition) is 2. The summed E-state index contributed by atoms with van der Waals surface area (Å²) in [5.41, 5.74) is 0. The number of carbonyl (C=O) groups is 1. The van der Waals surface area contributed by atoms with Gasteiger partial charge in [-0.15, -0.1) is 0 Å². The van der Waals surface area contributed by atoms with E-state index in [0.717, 1.165) is 24.8 Å². The summed E-state index contributed by atoms with van der Waals surface area (Å²) in [6.07, 6.45) is 4.51. The number of rotatable bonds is 8. The molecule has 0 saturated heterocycles. The predicted octanol–water partition coefficient (Wildman–Crippen LogP) is 3.42. The van der Waals surface area contributed by atoms with Gasteiger partial charge in [0.2, 0.25) is 0 Å². The third-order valence-electron chi connectivity index (χ3n) is 2.22. The molecular weight excluding hydrogens is 258 g/mol. The Hall–Kier alpha value is -0.250. The van der Waals surface area contributed by atoms with Gasteiger partial charge in [0.15, 0.2) is 0 Å². The van der Waals surface area contributed by atoms with Crippen LogP contribution in [0, 0.1) is 0 Å². The Morgan fingerprint density at radius 3 is 2.40 bits per heavy atom. The van der Waals surface area contributed by atoms with Crippen LogP contribution in [0.4, 0.5) is 4.79 Å². The number of halogens is 1. The van der Waals surface area contributed by atoms with Crippen LogP contribution in [-0.4, -0.2) is 36.0 Å². The van der Waals surface area contributed by atoms with Crippen molar-refractivity contribution in [2.24, 2.45) is 0 Å². The molecule has 0 N–H and O–H groups in total. The highest BCUT2D eigenvalue weighted by atomic mass is 79.9. The second-order valence-corrected chi connectivity index (χ2v) is 4.17. The van der Waals surface area contributed by atoms with Crippen LogP contribution in [0.3, 0.4) is 0 Å². The highest BCUT2D eigenvalue weighted by Gasteiger charge is 2.10. The molecular formula is C11H22BrNO2. The highest BCUT2D eigenvalue weighted by molar-refractivity contribution is 9.09. The van der Waals surface area contributed by atoms with Gasteiger partial charge in [0.1, 0.15) is 0 Å². The van der Waals surface area contributed by atoms with Crippen molar-refractivity contribution < 1.29 is 9.53 Å². The fraction of sp³-hybridized carbons (Fsp3) is 0.909. The minimum absolute atomic E-state index is 0.180. The highest BCUT2D eigenvalue weighted by Crippen LogP contribution is 2.04. The third-order valence-corrected chi connectivity index (χ3v) is 2.78. The quantitative estimate of drug-likeness (QED) is 0.503. The van der Waals surface area contributed by atoms with E-state index < -0.39 is 0 Å². The van der Waals surface area contributed by atoms with Gasteiger partial charge in [-0.2, -0.15) is 0 Å². The summed E-state index contributed by atoms with van der Waals surface area (Å²) >= 11 is 3.40. The normalized spacial score (nSPS) is 10.1. The first-order chi connectivity index (χ1) is 7.26. The summed E-state index contributed by atoms with van der Waals surface area (Å²) in [5, 5.41) is 1.07. The number of ether oxygens (including phenoxy) is 1. The van der Waals surface area contributed by atoms with Gasteiger partial charge in [-0.25, -0.2) is 4.79 Å². The number of alkyl halides is 1. The van der Waals surface area contributed by atoms with E-state index in [2.05, 4.69) is 15.9 Å². The predicted molar refractivity (Wildman–Crippen MR) is 66.5 cm³/mol. The van der Waals surface area contributed by atoms with Gasteiger partial charge in [0.05, 0.1) is 6.61 Å². The molecule has 0 saturated carbocycles. The monoisotopic (exact) mass is 279 g/mol. The molecule has 0 aromatic carbocycles. The van der Waals surface area contributed by atoms with Crippen LogP contribution in [-0.2, 0) is 4.74 Å². The first-order valence-electron chi connectivity index (χ1n) is 5.73. The van der Waals surface area contributed by atoms with Gasteiger partial charge in [0.25, 0.3) is 0 Å². The van der Waals surface area contributed by atoms with E-state index in [9.17, 15) is 4.79 Å². The Morgan fingerprint density at radius 1 is 1.20 bits per heavy atom. The fourth-order valence-corrected chi connectivity index (χ4v) is 1.74. The molecule has 0 spiro atoms. The molecule has 0 rings (SSSR count). The zero-order valence-electron chi connectivity index (χ0n) is 9.80. The Kier molecular flexibility index (Phi) is 10.1. The lowest BCUT2D eigenvalue weighted by atomic mass is 10.2. The van der Waals surface area contributed by atoms with Crippen molar-refractivity contribution in [1.82, 2.24) is 4.90 Å². The lowest BCUT2D eigenvalue weighted by molar-refractivity contribution is 0.108. The van der Waals surface area contributed by atoms with Crippen LogP contribution in [0.2, 0.25) is 0 Å². The molecule has 0 heterocycles. The van der Waals surface area contributed by atoms with E-state index in [1.165, 1.54) is 19.3 Å².